The minimum Gasteiger partial charge on any atom is -0.268 e. The van der Waals surface area contributed by atoms with Crippen LogP contribution in [0.3, 0.4) is 0 Å². The number of carbonyl (C=O) groups excluding carboxylic acids is 2. The zero-order chi connectivity index (χ0) is 15.9. The van der Waals surface area contributed by atoms with Crippen molar-refractivity contribution in [2.24, 2.45) is 0 Å². The summed E-state index contributed by atoms with van der Waals surface area (Å²) in [5.41, 5.74) is 0.897. The molecule has 0 spiro atoms. The number of carbonyl (C=O) groups is 2. The number of hydrogen-bond donors (Lipinski definition) is 0. The molecule has 0 radical (unpaired) electrons. The molecule has 0 saturated heterocycles. The first kappa shape index (κ1) is 14.9. The van der Waals surface area contributed by atoms with Crippen molar-refractivity contribution in [1.82, 2.24) is 0 Å². The second-order valence-electron chi connectivity index (χ2n) is 4.62. The summed E-state index contributed by atoms with van der Waals surface area (Å²) in [6.45, 7) is 0. The standard InChI is InChI=1S/C16H8BrClFNO2/c17-10-2-1-3-12(8-10)20-15(21)13(14(18)16(20)22)9-4-6-11(19)7-5-9/h1-8H. The first-order valence-electron chi connectivity index (χ1n) is 6.29. The number of halogens is 3. The monoisotopic (exact) mass is 379 g/mol. The molecule has 2 amide bonds. The Kier molecular flexibility index (Phi) is 3.85. The van der Waals surface area contributed by atoms with E-state index in [1.807, 2.05) is 0 Å². The van der Waals surface area contributed by atoms with E-state index >= 15 is 0 Å². The zero-order valence-corrected chi connectivity index (χ0v) is 13.4. The van der Waals surface area contributed by atoms with E-state index in [0.717, 1.165) is 9.37 Å². The van der Waals surface area contributed by atoms with Crippen molar-refractivity contribution in [1.29, 1.82) is 0 Å². The third kappa shape index (κ3) is 2.46. The van der Waals surface area contributed by atoms with E-state index in [1.165, 1.54) is 24.3 Å². The van der Waals surface area contributed by atoms with Crippen LogP contribution in [-0.4, -0.2) is 11.8 Å². The SMILES string of the molecule is O=C1C(Cl)=C(c2ccc(F)cc2)C(=O)N1c1cccc(Br)c1. The highest BCUT2D eigenvalue weighted by atomic mass is 79.9. The summed E-state index contributed by atoms with van der Waals surface area (Å²) >= 11 is 9.34. The van der Waals surface area contributed by atoms with Crippen LogP contribution in [0.5, 0.6) is 0 Å². The van der Waals surface area contributed by atoms with Gasteiger partial charge in [-0.25, -0.2) is 9.29 Å². The molecule has 3 rings (SSSR count). The van der Waals surface area contributed by atoms with Crippen LogP contribution < -0.4 is 4.90 Å². The fraction of sp³-hybridized carbons (Fsp3) is 0. The quantitative estimate of drug-likeness (QED) is 0.735. The largest absolute Gasteiger partial charge is 0.277 e. The van der Waals surface area contributed by atoms with Gasteiger partial charge in [0.05, 0.1) is 11.3 Å². The fourth-order valence-corrected chi connectivity index (χ4v) is 2.88. The zero-order valence-electron chi connectivity index (χ0n) is 11.0. The van der Waals surface area contributed by atoms with Gasteiger partial charge in [-0.15, -0.1) is 0 Å². The summed E-state index contributed by atoms with van der Waals surface area (Å²) in [6, 6.07) is 12.0. The van der Waals surface area contributed by atoms with Crippen molar-refractivity contribution in [2.45, 2.75) is 0 Å². The Hall–Kier alpha value is -1.98. The van der Waals surface area contributed by atoms with Crippen molar-refractivity contribution >= 4 is 50.6 Å². The van der Waals surface area contributed by atoms with Gasteiger partial charge in [0.25, 0.3) is 11.8 Å². The lowest BCUT2D eigenvalue weighted by molar-refractivity contribution is -0.119. The molecule has 0 N–H and O–H groups in total. The number of anilines is 1. The van der Waals surface area contributed by atoms with Crippen LogP contribution in [0.4, 0.5) is 10.1 Å². The summed E-state index contributed by atoms with van der Waals surface area (Å²) in [4.78, 5) is 25.9. The minimum absolute atomic E-state index is 0.0756. The number of nitrogens with zero attached hydrogens (tertiary/aromatic N) is 1. The summed E-state index contributed by atoms with van der Waals surface area (Å²) in [7, 11) is 0. The van der Waals surface area contributed by atoms with Gasteiger partial charge in [0.15, 0.2) is 0 Å². The molecule has 0 fully saturated rings. The molecule has 0 bridgehead atoms. The Morgan fingerprint density at radius 3 is 2.32 bits per heavy atom. The number of amides is 2. The number of benzene rings is 2. The highest BCUT2D eigenvalue weighted by molar-refractivity contribution is 9.10. The maximum atomic E-state index is 13.0. The van der Waals surface area contributed by atoms with Crippen LogP contribution in [0.15, 0.2) is 58.0 Å². The van der Waals surface area contributed by atoms with Gasteiger partial charge in [0.1, 0.15) is 10.8 Å². The van der Waals surface area contributed by atoms with Gasteiger partial charge in [0.2, 0.25) is 0 Å². The highest BCUT2D eigenvalue weighted by Gasteiger charge is 2.39. The molecule has 0 aromatic heterocycles. The average Bonchev–Trinajstić information content (AvgIpc) is 2.71. The minimum atomic E-state index is -0.593. The van der Waals surface area contributed by atoms with Gasteiger partial charge in [-0.05, 0) is 35.9 Å². The van der Waals surface area contributed by atoms with Gasteiger partial charge in [-0.1, -0.05) is 45.7 Å². The molecule has 0 saturated carbocycles. The molecule has 2 aromatic rings. The van der Waals surface area contributed by atoms with E-state index in [4.69, 9.17) is 11.6 Å². The number of imide groups is 1. The maximum Gasteiger partial charge on any atom is 0.277 e. The van der Waals surface area contributed by atoms with Crippen molar-refractivity contribution in [3.8, 4) is 0 Å². The van der Waals surface area contributed by atoms with Gasteiger partial charge in [0, 0.05) is 4.47 Å². The van der Waals surface area contributed by atoms with Gasteiger partial charge in [-0.3, -0.25) is 9.59 Å². The van der Waals surface area contributed by atoms with Gasteiger partial charge < -0.3 is 0 Å². The van der Waals surface area contributed by atoms with Crippen molar-refractivity contribution in [3.05, 3.63) is 69.4 Å². The second-order valence-corrected chi connectivity index (χ2v) is 5.92. The first-order chi connectivity index (χ1) is 10.5. The van der Waals surface area contributed by atoms with E-state index < -0.39 is 17.6 Å². The molecule has 0 aliphatic carbocycles. The predicted octanol–water partition coefficient (Wildman–Crippen LogP) is 4.11. The van der Waals surface area contributed by atoms with Crippen LogP contribution in [0.2, 0.25) is 0 Å². The summed E-state index contributed by atoms with van der Waals surface area (Å²) in [5, 5.41) is -0.170. The molecule has 0 atom stereocenters. The van der Waals surface area contributed by atoms with Crippen molar-refractivity contribution < 1.29 is 14.0 Å². The normalized spacial score (nSPS) is 15.0. The molecule has 1 heterocycles. The second kappa shape index (κ2) is 5.66. The number of rotatable bonds is 2. The smallest absolute Gasteiger partial charge is 0.268 e. The Labute approximate surface area is 139 Å². The molecular weight excluding hydrogens is 373 g/mol. The molecule has 3 nitrogen and oxygen atoms in total. The van der Waals surface area contributed by atoms with Crippen LogP contribution in [0, 0.1) is 5.82 Å². The van der Waals surface area contributed by atoms with E-state index in [9.17, 15) is 14.0 Å². The van der Waals surface area contributed by atoms with Crippen LogP contribution >= 0.6 is 27.5 Å². The molecule has 2 aromatic carbocycles. The van der Waals surface area contributed by atoms with Gasteiger partial charge >= 0.3 is 0 Å². The molecule has 1 aliphatic heterocycles. The Balaban J connectivity index is 2.05. The predicted molar refractivity (Wildman–Crippen MR) is 85.8 cm³/mol. The third-order valence-corrected chi connectivity index (χ3v) is 4.07. The lowest BCUT2D eigenvalue weighted by Gasteiger charge is -2.15. The lowest BCUT2D eigenvalue weighted by atomic mass is 10.1. The van der Waals surface area contributed by atoms with Crippen LogP contribution in [-0.2, 0) is 9.59 Å². The van der Waals surface area contributed by atoms with Gasteiger partial charge in [-0.2, -0.15) is 0 Å². The Bertz CT molecular complexity index is 817. The van der Waals surface area contributed by atoms with Crippen LogP contribution in [0.25, 0.3) is 5.57 Å². The molecule has 110 valence electrons. The van der Waals surface area contributed by atoms with Crippen LogP contribution in [0.1, 0.15) is 5.56 Å². The Morgan fingerprint density at radius 2 is 1.68 bits per heavy atom. The maximum absolute atomic E-state index is 13.0. The third-order valence-electron chi connectivity index (χ3n) is 3.23. The molecule has 22 heavy (non-hydrogen) atoms. The molecule has 0 unspecified atom stereocenters. The molecular formula is C16H8BrClFNO2. The number of hydrogen-bond acceptors (Lipinski definition) is 2. The average molecular weight is 381 g/mol. The molecule has 1 aliphatic rings. The molecule has 6 heteroatoms. The van der Waals surface area contributed by atoms with Crippen molar-refractivity contribution in [2.75, 3.05) is 4.90 Å². The highest BCUT2D eigenvalue weighted by Crippen LogP contribution is 2.35. The van der Waals surface area contributed by atoms with E-state index in [-0.39, 0.29) is 10.6 Å². The topological polar surface area (TPSA) is 37.4 Å². The summed E-state index contributed by atoms with van der Waals surface area (Å²) in [6.07, 6.45) is 0. The Morgan fingerprint density at radius 1 is 1.00 bits per heavy atom. The van der Waals surface area contributed by atoms with E-state index in [1.54, 1.807) is 24.3 Å². The van der Waals surface area contributed by atoms with E-state index in [2.05, 4.69) is 15.9 Å². The summed E-state index contributed by atoms with van der Waals surface area (Å²) < 4.78 is 13.7. The van der Waals surface area contributed by atoms with E-state index in [0.29, 0.717) is 11.3 Å². The van der Waals surface area contributed by atoms with Crippen molar-refractivity contribution in [3.63, 3.8) is 0 Å². The lowest BCUT2D eigenvalue weighted by Crippen LogP contribution is -2.31. The fourth-order valence-electron chi connectivity index (χ4n) is 2.22. The first-order valence-corrected chi connectivity index (χ1v) is 7.46. The summed E-state index contributed by atoms with van der Waals surface area (Å²) in [5.74, 6) is -1.55.